The van der Waals surface area contributed by atoms with Crippen LogP contribution in [-0.2, 0) is 0 Å². The summed E-state index contributed by atoms with van der Waals surface area (Å²) in [6.45, 7) is 8.52. The van der Waals surface area contributed by atoms with Crippen molar-refractivity contribution in [3.63, 3.8) is 0 Å². The standard InChI is InChI=1S/C9H10N4O2/c1-6-9(13(14)15)5-11-12(6)8-3-7(4-8)10-2/h5,7-8H,3-4H2,1H3. The van der Waals surface area contributed by atoms with E-state index in [2.05, 4.69) is 9.94 Å². The van der Waals surface area contributed by atoms with Crippen LogP contribution < -0.4 is 0 Å². The third-order valence-corrected chi connectivity index (χ3v) is 2.83. The van der Waals surface area contributed by atoms with E-state index >= 15 is 0 Å². The van der Waals surface area contributed by atoms with Crippen molar-refractivity contribution < 1.29 is 4.92 Å². The molecule has 0 saturated heterocycles. The summed E-state index contributed by atoms with van der Waals surface area (Å²) >= 11 is 0. The molecule has 15 heavy (non-hydrogen) atoms. The molecule has 2 rings (SSSR count). The van der Waals surface area contributed by atoms with E-state index in [0.29, 0.717) is 5.69 Å². The Labute approximate surface area is 86.5 Å². The SMILES string of the molecule is [C-]#[N+]C1CC(n2ncc([N+](=O)[O-])c2C)C1. The quantitative estimate of drug-likeness (QED) is 0.420. The van der Waals surface area contributed by atoms with Crippen LogP contribution in [-0.4, -0.2) is 20.7 Å². The Bertz CT molecular complexity index is 439. The first-order valence-corrected chi connectivity index (χ1v) is 4.68. The zero-order chi connectivity index (χ0) is 11.0. The molecule has 0 amide bonds. The van der Waals surface area contributed by atoms with Gasteiger partial charge < -0.3 is 4.85 Å². The van der Waals surface area contributed by atoms with Crippen molar-refractivity contribution in [1.29, 1.82) is 0 Å². The highest BCUT2D eigenvalue weighted by Gasteiger charge is 2.37. The van der Waals surface area contributed by atoms with Gasteiger partial charge in [0.15, 0.2) is 0 Å². The monoisotopic (exact) mass is 206 g/mol. The minimum atomic E-state index is -0.427. The van der Waals surface area contributed by atoms with Gasteiger partial charge in [0.05, 0.1) is 11.0 Å². The van der Waals surface area contributed by atoms with Crippen molar-refractivity contribution in [2.75, 3.05) is 0 Å². The van der Waals surface area contributed by atoms with Crippen LogP contribution in [0.3, 0.4) is 0 Å². The van der Waals surface area contributed by atoms with E-state index in [0.717, 1.165) is 12.8 Å². The van der Waals surface area contributed by atoms with Crippen molar-refractivity contribution in [2.24, 2.45) is 0 Å². The Morgan fingerprint density at radius 3 is 2.87 bits per heavy atom. The summed E-state index contributed by atoms with van der Waals surface area (Å²) in [6, 6.07) is 0.232. The van der Waals surface area contributed by atoms with Gasteiger partial charge in [-0.15, -0.1) is 0 Å². The molecule has 0 unspecified atom stereocenters. The number of aromatic nitrogens is 2. The zero-order valence-electron chi connectivity index (χ0n) is 8.25. The highest BCUT2D eigenvalue weighted by Crippen LogP contribution is 2.36. The summed E-state index contributed by atoms with van der Waals surface area (Å²) in [7, 11) is 0. The predicted molar refractivity (Wildman–Crippen MR) is 52.3 cm³/mol. The van der Waals surface area contributed by atoms with Crippen LogP contribution in [0.15, 0.2) is 6.20 Å². The minimum Gasteiger partial charge on any atom is -0.314 e. The van der Waals surface area contributed by atoms with Crippen LogP contribution >= 0.6 is 0 Å². The van der Waals surface area contributed by atoms with E-state index < -0.39 is 4.92 Å². The van der Waals surface area contributed by atoms with E-state index in [-0.39, 0.29) is 17.8 Å². The summed E-state index contributed by atoms with van der Waals surface area (Å²) < 4.78 is 1.67. The van der Waals surface area contributed by atoms with Crippen LogP contribution in [0.2, 0.25) is 0 Å². The molecule has 78 valence electrons. The van der Waals surface area contributed by atoms with Crippen LogP contribution in [0.25, 0.3) is 4.85 Å². The summed E-state index contributed by atoms with van der Waals surface area (Å²) in [6.07, 6.45) is 2.78. The molecule has 6 heteroatoms. The summed E-state index contributed by atoms with van der Waals surface area (Å²) in [5.41, 5.74) is 0.634. The van der Waals surface area contributed by atoms with Gasteiger partial charge in [0.25, 0.3) is 0 Å². The van der Waals surface area contributed by atoms with Gasteiger partial charge in [0, 0.05) is 12.8 Å². The lowest BCUT2D eigenvalue weighted by Crippen LogP contribution is -2.30. The molecule has 0 spiro atoms. The molecule has 0 atom stereocenters. The first-order valence-electron chi connectivity index (χ1n) is 4.68. The van der Waals surface area contributed by atoms with Gasteiger partial charge in [-0.2, -0.15) is 5.10 Å². The lowest BCUT2D eigenvalue weighted by Gasteiger charge is -2.27. The molecule has 6 nitrogen and oxygen atoms in total. The third kappa shape index (κ3) is 1.46. The Balaban J connectivity index is 2.18. The molecule has 0 aliphatic heterocycles. The molecule has 1 heterocycles. The molecule has 1 aliphatic rings. The van der Waals surface area contributed by atoms with E-state index in [9.17, 15) is 10.1 Å². The lowest BCUT2D eigenvalue weighted by atomic mass is 9.87. The largest absolute Gasteiger partial charge is 0.314 e. The van der Waals surface area contributed by atoms with Gasteiger partial charge in [-0.25, -0.2) is 6.57 Å². The molecule has 0 radical (unpaired) electrons. The Morgan fingerprint density at radius 1 is 1.73 bits per heavy atom. The average molecular weight is 206 g/mol. The molecule has 1 aliphatic carbocycles. The van der Waals surface area contributed by atoms with Crippen LogP contribution in [0.1, 0.15) is 24.6 Å². The maximum absolute atomic E-state index is 10.6. The second-order valence-corrected chi connectivity index (χ2v) is 3.73. The maximum atomic E-state index is 10.6. The first-order chi connectivity index (χ1) is 7.13. The van der Waals surface area contributed by atoms with Crippen molar-refractivity contribution in [1.82, 2.24) is 9.78 Å². The van der Waals surface area contributed by atoms with E-state index in [1.165, 1.54) is 6.20 Å². The molecule has 1 saturated carbocycles. The van der Waals surface area contributed by atoms with E-state index in [1.54, 1.807) is 11.6 Å². The van der Waals surface area contributed by atoms with Gasteiger partial charge in [-0.3, -0.25) is 14.8 Å². The highest BCUT2D eigenvalue weighted by atomic mass is 16.6. The topological polar surface area (TPSA) is 65.3 Å². The highest BCUT2D eigenvalue weighted by molar-refractivity contribution is 5.32. The first kappa shape index (κ1) is 9.65. The van der Waals surface area contributed by atoms with E-state index in [1.807, 2.05) is 0 Å². The molecule has 1 fully saturated rings. The number of hydrogen-bond acceptors (Lipinski definition) is 3. The molecule has 0 N–H and O–H groups in total. The van der Waals surface area contributed by atoms with Crippen LogP contribution in [0.4, 0.5) is 5.69 Å². The second-order valence-electron chi connectivity index (χ2n) is 3.73. The lowest BCUT2D eigenvalue weighted by molar-refractivity contribution is -0.385. The smallest absolute Gasteiger partial charge is 0.309 e. The zero-order valence-corrected chi connectivity index (χ0v) is 8.25. The number of rotatable bonds is 2. The Morgan fingerprint density at radius 2 is 2.40 bits per heavy atom. The molecule has 0 bridgehead atoms. The average Bonchev–Trinajstić information content (AvgIpc) is 2.46. The fourth-order valence-electron chi connectivity index (χ4n) is 1.83. The van der Waals surface area contributed by atoms with Crippen molar-refractivity contribution in [2.45, 2.75) is 31.8 Å². The van der Waals surface area contributed by atoms with Gasteiger partial charge >= 0.3 is 5.69 Å². The minimum absolute atomic E-state index is 0.0567. The summed E-state index contributed by atoms with van der Waals surface area (Å²) in [5.74, 6) is 0. The fourth-order valence-corrected chi connectivity index (χ4v) is 1.83. The molecule has 1 aromatic heterocycles. The molecular formula is C9H10N4O2. The van der Waals surface area contributed by atoms with Gasteiger partial charge in [-0.1, -0.05) is 0 Å². The predicted octanol–water partition coefficient (Wildman–Crippen LogP) is 1.72. The molecule has 1 aromatic rings. The van der Waals surface area contributed by atoms with Gasteiger partial charge in [0.2, 0.25) is 6.04 Å². The van der Waals surface area contributed by atoms with Gasteiger partial charge in [0.1, 0.15) is 11.9 Å². The van der Waals surface area contributed by atoms with E-state index in [4.69, 9.17) is 6.57 Å². The van der Waals surface area contributed by atoms with Crippen LogP contribution in [0.5, 0.6) is 0 Å². The maximum Gasteiger partial charge on any atom is 0.309 e. The number of nitrogens with zero attached hydrogens (tertiary/aromatic N) is 4. The summed E-state index contributed by atoms with van der Waals surface area (Å²) in [5, 5.41) is 14.6. The van der Waals surface area contributed by atoms with Gasteiger partial charge in [-0.05, 0) is 6.92 Å². The van der Waals surface area contributed by atoms with Crippen molar-refractivity contribution in [3.05, 3.63) is 33.4 Å². The van der Waals surface area contributed by atoms with Crippen LogP contribution in [0, 0.1) is 23.6 Å². The Kier molecular flexibility index (Phi) is 2.15. The normalized spacial score (nSPS) is 24.3. The Hall–Kier alpha value is -1.90. The van der Waals surface area contributed by atoms with Crippen molar-refractivity contribution in [3.8, 4) is 0 Å². The molecule has 0 aromatic carbocycles. The third-order valence-electron chi connectivity index (χ3n) is 2.83. The fraction of sp³-hybridized carbons (Fsp3) is 0.556. The number of nitro groups is 1. The van der Waals surface area contributed by atoms with Crippen molar-refractivity contribution >= 4 is 5.69 Å². The molecular weight excluding hydrogens is 196 g/mol. The summed E-state index contributed by atoms with van der Waals surface area (Å²) in [4.78, 5) is 13.6. The number of hydrogen-bond donors (Lipinski definition) is 0. The second kappa shape index (κ2) is 3.35.